The van der Waals surface area contributed by atoms with E-state index in [2.05, 4.69) is 15.4 Å². The maximum absolute atomic E-state index is 13.2. The Morgan fingerprint density at radius 2 is 2.27 bits per heavy atom. The predicted octanol–water partition coefficient (Wildman–Crippen LogP) is 3.36. The molecule has 4 rings (SSSR count). The van der Waals surface area contributed by atoms with E-state index in [-0.39, 0.29) is 11.9 Å². The number of nitrogens with one attached hydrogen (secondary N) is 1. The molecule has 1 aliphatic heterocycles. The van der Waals surface area contributed by atoms with Gasteiger partial charge in [0, 0.05) is 18.2 Å². The van der Waals surface area contributed by atoms with Gasteiger partial charge in [-0.1, -0.05) is 17.3 Å². The summed E-state index contributed by atoms with van der Waals surface area (Å²) in [6.45, 7) is 2.57. The van der Waals surface area contributed by atoms with Gasteiger partial charge in [0.1, 0.15) is 5.75 Å². The zero-order chi connectivity index (χ0) is 18.1. The van der Waals surface area contributed by atoms with E-state index in [9.17, 15) is 4.79 Å². The van der Waals surface area contributed by atoms with Crippen LogP contribution in [0, 0.1) is 6.92 Å². The molecule has 3 aromatic rings. The van der Waals surface area contributed by atoms with Gasteiger partial charge in [0.2, 0.25) is 0 Å². The number of carbonyl (C=O) groups excluding carboxylic acids is 1. The molecular weight excluding hydrogens is 332 g/mol. The van der Waals surface area contributed by atoms with E-state index in [4.69, 9.17) is 9.26 Å². The van der Waals surface area contributed by atoms with Gasteiger partial charge in [-0.3, -0.25) is 9.89 Å². The molecule has 1 aliphatic rings. The molecule has 0 saturated carbocycles. The summed E-state index contributed by atoms with van der Waals surface area (Å²) in [5.74, 6) is 1.40. The van der Waals surface area contributed by atoms with E-state index in [0.29, 0.717) is 17.8 Å². The molecule has 2 aromatic heterocycles. The average molecular weight is 352 g/mol. The number of hydrogen-bond donors (Lipinski definition) is 1. The Labute approximate surface area is 150 Å². The Hall–Kier alpha value is -3.09. The highest BCUT2D eigenvalue weighted by Gasteiger charge is 2.34. The lowest BCUT2D eigenvalue weighted by atomic mass is 10.1. The first-order chi connectivity index (χ1) is 12.7. The molecule has 26 heavy (non-hydrogen) atoms. The quantitative estimate of drug-likeness (QED) is 0.778. The molecule has 1 N–H and O–H groups in total. The number of likely N-dealkylation sites (tertiary alicyclic amines) is 1. The van der Waals surface area contributed by atoms with Crippen molar-refractivity contribution in [1.82, 2.24) is 20.3 Å². The van der Waals surface area contributed by atoms with Crippen LogP contribution in [0.5, 0.6) is 5.75 Å². The molecule has 7 heteroatoms. The summed E-state index contributed by atoms with van der Waals surface area (Å²) in [7, 11) is 1.62. The minimum absolute atomic E-state index is 0.0619. The van der Waals surface area contributed by atoms with Crippen LogP contribution in [0.2, 0.25) is 0 Å². The van der Waals surface area contributed by atoms with Crippen LogP contribution in [0.15, 0.2) is 41.1 Å². The Morgan fingerprint density at radius 1 is 1.38 bits per heavy atom. The van der Waals surface area contributed by atoms with E-state index in [1.807, 2.05) is 42.2 Å². The minimum atomic E-state index is -0.0863. The first kappa shape index (κ1) is 16.4. The Morgan fingerprint density at radius 3 is 3.04 bits per heavy atom. The summed E-state index contributed by atoms with van der Waals surface area (Å²) in [4.78, 5) is 15.1. The number of amides is 1. The maximum Gasteiger partial charge on any atom is 0.258 e. The number of H-pyrrole nitrogens is 1. The van der Waals surface area contributed by atoms with Crippen LogP contribution in [-0.2, 0) is 0 Å². The fourth-order valence-electron chi connectivity index (χ4n) is 3.45. The van der Waals surface area contributed by atoms with Gasteiger partial charge in [-0.05, 0) is 31.9 Å². The van der Waals surface area contributed by atoms with Gasteiger partial charge in [-0.2, -0.15) is 5.10 Å². The van der Waals surface area contributed by atoms with Crippen molar-refractivity contribution in [1.29, 1.82) is 0 Å². The van der Waals surface area contributed by atoms with Crippen molar-refractivity contribution in [2.75, 3.05) is 13.7 Å². The molecule has 1 atom stereocenters. The lowest BCUT2D eigenvalue weighted by Crippen LogP contribution is -2.30. The molecule has 7 nitrogen and oxygen atoms in total. The fraction of sp³-hybridized carbons (Fsp3) is 0.316. The zero-order valence-corrected chi connectivity index (χ0v) is 14.7. The number of methoxy groups -OCH3 is 1. The van der Waals surface area contributed by atoms with Crippen LogP contribution < -0.4 is 4.74 Å². The first-order valence-electron chi connectivity index (χ1n) is 8.59. The fourth-order valence-corrected chi connectivity index (χ4v) is 3.45. The third-order valence-corrected chi connectivity index (χ3v) is 4.72. The molecule has 1 amide bonds. The van der Waals surface area contributed by atoms with Crippen molar-refractivity contribution in [3.8, 4) is 17.0 Å². The number of nitrogens with zero attached hydrogens (tertiary/aromatic N) is 3. The standard InChI is InChI=1S/C19H20N4O3/c1-12-9-17(26-22-12)16-7-4-8-23(16)19(24)15-11-20-21-18(15)13-5-3-6-14(10-13)25-2/h3,5-6,9-11,16H,4,7-8H2,1-2H3,(H,20,21)/t16-/m0/s1. The van der Waals surface area contributed by atoms with Crippen molar-refractivity contribution >= 4 is 5.91 Å². The number of ether oxygens (including phenoxy) is 1. The van der Waals surface area contributed by atoms with Crippen LogP contribution in [-0.4, -0.2) is 39.8 Å². The highest BCUT2D eigenvalue weighted by atomic mass is 16.5. The number of aromatic amines is 1. The van der Waals surface area contributed by atoms with E-state index in [1.165, 1.54) is 0 Å². The Kier molecular flexibility index (Phi) is 4.20. The molecule has 134 valence electrons. The van der Waals surface area contributed by atoms with Gasteiger partial charge in [0.25, 0.3) is 5.91 Å². The minimum Gasteiger partial charge on any atom is -0.497 e. The highest BCUT2D eigenvalue weighted by Crippen LogP contribution is 2.35. The lowest BCUT2D eigenvalue weighted by Gasteiger charge is -2.22. The van der Waals surface area contributed by atoms with Crippen LogP contribution in [0.25, 0.3) is 11.3 Å². The molecule has 0 spiro atoms. The van der Waals surface area contributed by atoms with Gasteiger partial charge < -0.3 is 14.2 Å². The number of hydrogen-bond acceptors (Lipinski definition) is 5. The van der Waals surface area contributed by atoms with E-state index < -0.39 is 0 Å². The van der Waals surface area contributed by atoms with E-state index in [0.717, 1.165) is 35.6 Å². The van der Waals surface area contributed by atoms with E-state index >= 15 is 0 Å². The van der Waals surface area contributed by atoms with Crippen molar-refractivity contribution in [3.05, 3.63) is 53.5 Å². The van der Waals surface area contributed by atoms with E-state index in [1.54, 1.807) is 13.3 Å². The van der Waals surface area contributed by atoms with Crippen molar-refractivity contribution in [3.63, 3.8) is 0 Å². The highest BCUT2D eigenvalue weighted by molar-refractivity contribution is 6.00. The molecule has 0 unspecified atom stereocenters. The van der Waals surface area contributed by atoms with Crippen molar-refractivity contribution in [2.24, 2.45) is 0 Å². The van der Waals surface area contributed by atoms with Crippen LogP contribution in [0.1, 0.15) is 40.7 Å². The second-order valence-corrected chi connectivity index (χ2v) is 6.42. The van der Waals surface area contributed by atoms with Crippen LogP contribution in [0.3, 0.4) is 0 Å². The Bertz CT molecular complexity index is 930. The lowest BCUT2D eigenvalue weighted by molar-refractivity contribution is 0.0715. The second kappa shape index (κ2) is 6.67. The topological polar surface area (TPSA) is 84.2 Å². The van der Waals surface area contributed by atoms with Gasteiger partial charge in [0.15, 0.2) is 5.76 Å². The molecular formula is C19H20N4O3. The average Bonchev–Trinajstić information content (AvgIpc) is 3.40. The number of aromatic nitrogens is 3. The second-order valence-electron chi connectivity index (χ2n) is 6.42. The third kappa shape index (κ3) is 2.85. The smallest absolute Gasteiger partial charge is 0.258 e. The van der Waals surface area contributed by atoms with Crippen LogP contribution >= 0.6 is 0 Å². The molecule has 1 fully saturated rings. The molecule has 3 heterocycles. The van der Waals surface area contributed by atoms with Gasteiger partial charge in [-0.25, -0.2) is 0 Å². The number of carbonyl (C=O) groups is 1. The summed E-state index contributed by atoms with van der Waals surface area (Å²) in [6.07, 6.45) is 3.38. The molecule has 1 saturated heterocycles. The molecule has 0 radical (unpaired) electrons. The maximum atomic E-state index is 13.2. The molecule has 0 aliphatic carbocycles. The summed E-state index contributed by atoms with van der Waals surface area (Å²) in [5.41, 5.74) is 2.91. The number of benzene rings is 1. The first-order valence-corrected chi connectivity index (χ1v) is 8.59. The summed E-state index contributed by atoms with van der Waals surface area (Å²) in [5, 5.41) is 11.0. The van der Waals surface area contributed by atoms with Crippen molar-refractivity contribution in [2.45, 2.75) is 25.8 Å². The van der Waals surface area contributed by atoms with Gasteiger partial charge in [-0.15, -0.1) is 0 Å². The third-order valence-electron chi connectivity index (χ3n) is 4.72. The SMILES string of the molecule is COc1cccc(-c2[nH]ncc2C(=O)N2CCC[C@H]2c2cc(C)no2)c1. The monoisotopic (exact) mass is 352 g/mol. The van der Waals surface area contributed by atoms with Crippen LogP contribution in [0.4, 0.5) is 0 Å². The molecule has 1 aromatic carbocycles. The summed E-state index contributed by atoms with van der Waals surface area (Å²) in [6, 6.07) is 9.37. The largest absolute Gasteiger partial charge is 0.497 e. The summed E-state index contributed by atoms with van der Waals surface area (Å²) < 4.78 is 10.7. The van der Waals surface area contributed by atoms with Crippen molar-refractivity contribution < 1.29 is 14.1 Å². The summed E-state index contributed by atoms with van der Waals surface area (Å²) >= 11 is 0. The normalized spacial score (nSPS) is 16.8. The zero-order valence-electron chi connectivity index (χ0n) is 14.7. The number of aryl methyl sites for hydroxylation is 1. The predicted molar refractivity (Wildman–Crippen MR) is 94.8 cm³/mol. The number of rotatable bonds is 4. The van der Waals surface area contributed by atoms with Gasteiger partial charge >= 0.3 is 0 Å². The molecule has 0 bridgehead atoms. The Balaban J connectivity index is 1.66. The van der Waals surface area contributed by atoms with Gasteiger partial charge in [0.05, 0.1) is 36.3 Å².